The fourth-order valence-corrected chi connectivity index (χ4v) is 6.92. The van der Waals surface area contributed by atoms with Gasteiger partial charge in [-0.3, -0.25) is 4.79 Å². The number of hydrogen-bond donors (Lipinski definition) is 0. The van der Waals surface area contributed by atoms with Gasteiger partial charge in [0.2, 0.25) is 0 Å². The van der Waals surface area contributed by atoms with Gasteiger partial charge in [0.25, 0.3) is 0 Å². The Hall–Kier alpha value is -2.37. The van der Waals surface area contributed by atoms with Crippen LogP contribution in [0.15, 0.2) is 42.5 Å². The van der Waals surface area contributed by atoms with Crippen molar-refractivity contribution in [2.45, 2.75) is 49.7 Å². The van der Waals surface area contributed by atoms with Gasteiger partial charge in [-0.1, -0.05) is 31.2 Å². The minimum Gasteiger partial charge on any atom is -0.493 e. The Bertz CT molecular complexity index is 1010. The van der Waals surface area contributed by atoms with E-state index in [2.05, 4.69) is 24.9 Å². The maximum atomic E-state index is 13.1. The molecule has 2 aliphatic carbocycles. The lowest BCUT2D eigenvalue weighted by Gasteiger charge is -2.66. The molecule has 2 fully saturated rings. The van der Waals surface area contributed by atoms with Gasteiger partial charge < -0.3 is 19.1 Å². The second kappa shape index (κ2) is 7.35. The molecule has 5 heteroatoms. The molecule has 0 radical (unpaired) electrons. The molecule has 5 nitrogen and oxygen atoms in total. The second-order valence-electron chi connectivity index (χ2n) is 9.40. The van der Waals surface area contributed by atoms with E-state index in [1.165, 1.54) is 5.56 Å². The monoisotopic (exact) mass is 421 g/mol. The lowest BCUT2D eigenvalue weighted by atomic mass is 9.46. The normalized spacial score (nSPS) is 32.2. The molecule has 5 rings (SSSR count). The predicted octanol–water partition coefficient (Wildman–Crippen LogP) is 4.37. The molecular weight excluding hydrogens is 390 g/mol. The molecule has 0 amide bonds. The molecule has 1 saturated heterocycles. The van der Waals surface area contributed by atoms with E-state index in [0.29, 0.717) is 24.4 Å². The number of fused-ring (bicyclic) bond motifs is 1. The van der Waals surface area contributed by atoms with Crippen molar-refractivity contribution in [3.8, 4) is 17.2 Å². The number of nitrogens with zero attached hydrogens (tertiary/aromatic N) is 1. The van der Waals surface area contributed by atoms with Gasteiger partial charge >= 0.3 is 0 Å². The van der Waals surface area contributed by atoms with E-state index in [0.717, 1.165) is 36.4 Å². The van der Waals surface area contributed by atoms with Crippen LogP contribution in [0.2, 0.25) is 0 Å². The predicted molar refractivity (Wildman–Crippen MR) is 119 cm³/mol. The number of methoxy groups -OCH3 is 2. The van der Waals surface area contributed by atoms with Crippen LogP contribution in [-0.2, 0) is 21.4 Å². The van der Waals surface area contributed by atoms with Crippen molar-refractivity contribution < 1.29 is 19.0 Å². The van der Waals surface area contributed by atoms with Crippen LogP contribution in [0.4, 0.5) is 0 Å². The molecule has 1 unspecified atom stereocenters. The first-order valence-corrected chi connectivity index (χ1v) is 11.2. The second-order valence-corrected chi connectivity index (χ2v) is 9.40. The zero-order valence-corrected chi connectivity index (χ0v) is 18.8. The molecule has 2 aromatic carbocycles. The van der Waals surface area contributed by atoms with Crippen molar-refractivity contribution in [3.05, 3.63) is 53.6 Å². The molecule has 3 aliphatic rings. The quantitative estimate of drug-likeness (QED) is 0.734. The fourth-order valence-electron chi connectivity index (χ4n) is 6.92. The number of rotatable bonds is 4. The Morgan fingerprint density at radius 1 is 1.06 bits per heavy atom. The summed E-state index contributed by atoms with van der Waals surface area (Å²) in [5.74, 6) is 2.63. The van der Waals surface area contributed by atoms with Crippen LogP contribution in [0.1, 0.15) is 37.3 Å². The van der Waals surface area contributed by atoms with E-state index in [-0.39, 0.29) is 12.0 Å². The number of benzene rings is 2. The van der Waals surface area contributed by atoms with Crippen molar-refractivity contribution in [1.29, 1.82) is 0 Å². The highest BCUT2D eigenvalue weighted by Crippen LogP contribution is 2.63. The first-order valence-electron chi connectivity index (χ1n) is 11.2. The number of piperidine rings is 1. The van der Waals surface area contributed by atoms with Crippen LogP contribution in [0, 0.1) is 5.92 Å². The summed E-state index contributed by atoms with van der Waals surface area (Å²) in [6, 6.07) is 14.2. The highest BCUT2D eigenvalue weighted by Gasteiger charge is 2.69. The van der Waals surface area contributed by atoms with Gasteiger partial charge in [0.05, 0.1) is 12.7 Å². The third-order valence-electron chi connectivity index (χ3n) is 8.05. The number of ether oxygens (including phenoxy) is 3. The molecule has 1 aliphatic heterocycles. The van der Waals surface area contributed by atoms with Gasteiger partial charge in [0.15, 0.2) is 11.5 Å². The summed E-state index contributed by atoms with van der Waals surface area (Å²) in [5.41, 5.74) is 1.47. The van der Waals surface area contributed by atoms with Gasteiger partial charge in [-0.05, 0) is 56.1 Å². The Balaban J connectivity index is 1.80. The average Bonchev–Trinajstić information content (AvgIpc) is 2.76. The minimum absolute atomic E-state index is 0.121. The summed E-state index contributed by atoms with van der Waals surface area (Å²) < 4.78 is 18.8. The van der Waals surface area contributed by atoms with Gasteiger partial charge in [0.1, 0.15) is 11.5 Å². The first-order chi connectivity index (χ1) is 15.0. The molecule has 1 heterocycles. The smallest absolute Gasteiger partial charge is 0.173 e. The number of Topliss-reactive ketones (excluding diaryl/α,β-unsaturated/α-hetero) is 1. The highest BCUT2D eigenvalue weighted by molar-refractivity contribution is 5.83. The summed E-state index contributed by atoms with van der Waals surface area (Å²) in [4.78, 5) is 15.5. The van der Waals surface area contributed by atoms with E-state index in [1.807, 2.05) is 43.5 Å². The van der Waals surface area contributed by atoms with Crippen molar-refractivity contribution in [2.24, 2.45) is 5.92 Å². The summed E-state index contributed by atoms with van der Waals surface area (Å²) in [5, 5.41) is 0. The SMILES string of the molecule is COc1ccc2c(c1Oc1ccccc1)[C@]13CCN(C)[C@H](C2)C1(OC)[C@H](C)CC(=O)C3. The zero-order chi connectivity index (χ0) is 21.8. The Morgan fingerprint density at radius 2 is 1.84 bits per heavy atom. The summed E-state index contributed by atoms with van der Waals surface area (Å²) in [6.07, 6.45) is 2.78. The van der Waals surface area contributed by atoms with Gasteiger partial charge in [-0.2, -0.15) is 0 Å². The number of carbonyl (C=O) groups excluding carboxylic acids is 1. The average molecular weight is 422 g/mol. The minimum atomic E-state index is -0.442. The molecule has 4 atom stereocenters. The molecule has 1 saturated carbocycles. The number of para-hydroxylation sites is 1. The molecule has 0 N–H and O–H groups in total. The summed E-state index contributed by atoms with van der Waals surface area (Å²) in [7, 11) is 5.69. The molecule has 0 aromatic heterocycles. The van der Waals surface area contributed by atoms with E-state index < -0.39 is 11.0 Å². The molecule has 164 valence electrons. The molecule has 2 bridgehead atoms. The topological polar surface area (TPSA) is 48.0 Å². The maximum Gasteiger partial charge on any atom is 0.173 e. The zero-order valence-electron chi connectivity index (χ0n) is 18.8. The third-order valence-corrected chi connectivity index (χ3v) is 8.05. The van der Waals surface area contributed by atoms with Crippen LogP contribution < -0.4 is 9.47 Å². The van der Waals surface area contributed by atoms with Crippen LogP contribution in [0.25, 0.3) is 0 Å². The van der Waals surface area contributed by atoms with E-state index in [4.69, 9.17) is 14.2 Å². The van der Waals surface area contributed by atoms with E-state index >= 15 is 0 Å². The number of hydrogen-bond acceptors (Lipinski definition) is 5. The van der Waals surface area contributed by atoms with Crippen molar-refractivity contribution in [1.82, 2.24) is 4.90 Å². The van der Waals surface area contributed by atoms with Crippen LogP contribution >= 0.6 is 0 Å². The van der Waals surface area contributed by atoms with Crippen LogP contribution in [0.5, 0.6) is 17.2 Å². The number of likely N-dealkylation sites (N-methyl/N-ethyl adjacent to an activating group) is 1. The Morgan fingerprint density at radius 3 is 2.55 bits per heavy atom. The van der Waals surface area contributed by atoms with Crippen molar-refractivity contribution in [2.75, 3.05) is 27.8 Å². The lowest BCUT2D eigenvalue weighted by Crippen LogP contribution is -2.76. The standard InChI is InChI=1S/C26H31NO4/c1-17-14-19(28)16-25-12-13-27(2)22(26(17,25)30-4)15-18-10-11-21(29-3)24(23(18)25)31-20-8-6-5-7-9-20/h5-11,17,22H,12-16H2,1-4H3/t17-,22-,25-,26?/m1/s1. The first kappa shape index (κ1) is 20.5. The lowest BCUT2D eigenvalue weighted by molar-refractivity contribution is -0.206. The molecular formula is C26H31NO4. The molecule has 31 heavy (non-hydrogen) atoms. The van der Waals surface area contributed by atoms with Crippen LogP contribution in [-0.4, -0.2) is 50.1 Å². The Kier molecular flexibility index (Phi) is 4.87. The largest absolute Gasteiger partial charge is 0.493 e. The maximum absolute atomic E-state index is 13.1. The third kappa shape index (κ3) is 2.72. The van der Waals surface area contributed by atoms with Gasteiger partial charge in [-0.15, -0.1) is 0 Å². The van der Waals surface area contributed by atoms with E-state index in [9.17, 15) is 4.79 Å². The summed E-state index contributed by atoms with van der Waals surface area (Å²) >= 11 is 0. The Labute approximate surface area is 184 Å². The molecule has 0 spiro atoms. The van der Waals surface area contributed by atoms with Crippen LogP contribution in [0.3, 0.4) is 0 Å². The van der Waals surface area contributed by atoms with Gasteiger partial charge in [0, 0.05) is 37.0 Å². The number of ketones is 1. The van der Waals surface area contributed by atoms with Gasteiger partial charge in [-0.25, -0.2) is 0 Å². The molecule has 2 aromatic rings. The highest BCUT2D eigenvalue weighted by atomic mass is 16.5. The van der Waals surface area contributed by atoms with E-state index in [1.54, 1.807) is 7.11 Å². The number of carbonyl (C=O) groups is 1. The van der Waals surface area contributed by atoms with Crippen molar-refractivity contribution >= 4 is 5.78 Å². The summed E-state index contributed by atoms with van der Waals surface area (Å²) in [6.45, 7) is 3.11. The van der Waals surface area contributed by atoms with Crippen molar-refractivity contribution in [3.63, 3.8) is 0 Å². The number of likely N-dealkylation sites (tertiary alicyclic amines) is 1. The fraction of sp³-hybridized carbons (Fsp3) is 0.500.